The van der Waals surface area contributed by atoms with Gasteiger partial charge in [0.15, 0.2) is 0 Å². The Hall–Kier alpha value is -0.570. The Bertz CT molecular complexity index is 314. The fraction of sp³-hybridized carbons (Fsp3) is 0.933. The summed E-state index contributed by atoms with van der Waals surface area (Å²) in [4.78, 5) is 14.7. The molecule has 0 aromatic carbocycles. The SMILES string of the molecule is CCN(CC1CCC1)C(=O)C1CC12CCNCC2. The van der Waals surface area contributed by atoms with Crippen LogP contribution in [0.25, 0.3) is 0 Å². The third-order valence-electron chi connectivity index (χ3n) is 5.48. The molecule has 3 fully saturated rings. The smallest absolute Gasteiger partial charge is 0.226 e. The van der Waals surface area contributed by atoms with Crippen molar-refractivity contribution in [2.24, 2.45) is 17.3 Å². The van der Waals surface area contributed by atoms with Crippen molar-refractivity contribution >= 4 is 5.91 Å². The van der Waals surface area contributed by atoms with Gasteiger partial charge in [-0.05, 0) is 63.5 Å². The molecule has 1 heterocycles. The van der Waals surface area contributed by atoms with Gasteiger partial charge >= 0.3 is 0 Å². The Morgan fingerprint density at radius 2 is 2.06 bits per heavy atom. The average Bonchev–Trinajstić information content (AvgIpc) is 3.02. The molecule has 0 radical (unpaired) electrons. The number of nitrogens with one attached hydrogen (secondary N) is 1. The van der Waals surface area contributed by atoms with E-state index in [4.69, 9.17) is 0 Å². The maximum absolute atomic E-state index is 12.6. The molecule has 1 atom stereocenters. The summed E-state index contributed by atoms with van der Waals surface area (Å²) in [5.74, 6) is 1.63. The lowest BCUT2D eigenvalue weighted by Gasteiger charge is -2.33. The lowest BCUT2D eigenvalue weighted by molar-refractivity contribution is -0.134. The maximum atomic E-state index is 12.6. The van der Waals surface area contributed by atoms with Gasteiger partial charge < -0.3 is 10.2 Å². The van der Waals surface area contributed by atoms with E-state index in [9.17, 15) is 4.79 Å². The van der Waals surface area contributed by atoms with Crippen molar-refractivity contribution in [1.29, 1.82) is 0 Å². The van der Waals surface area contributed by atoms with Crippen molar-refractivity contribution in [1.82, 2.24) is 10.2 Å². The monoisotopic (exact) mass is 250 g/mol. The van der Waals surface area contributed by atoms with Gasteiger partial charge in [0.1, 0.15) is 0 Å². The van der Waals surface area contributed by atoms with E-state index in [1.165, 1.54) is 32.1 Å². The number of hydrogen-bond acceptors (Lipinski definition) is 2. The zero-order valence-electron chi connectivity index (χ0n) is 11.6. The highest BCUT2D eigenvalue weighted by Crippen LogP contribution is 2.59. The van der Waals surface area contributed by atoms with E-state index in [1.54, 1.807) is 0 Å². The highest BCUT2D eigenvalue weighted by molar-refractivity contribution is 5.82. The lowest BCUT2D eigenvalue weighted by atomic mass is 9.85. The minimum atomic E-state index is 0.361. The fourth-order valence-corrected chi connectivity index (χ4v) is 3.76. The number of amides is 1. The average molecular weight is 250 g/mol. The molecule has 18 heavy (non-hydrogen) atoms. The topological polar surface area (TPSA) is 32.3 Å². The summed E-state index contributed by atoms with van der Waals surface area (Å²) >= 11 is 0. The molecule has 3 nitrogen and oxygen atoms in total. The predicted molar refractivity (Wildman–Crippen MR) is 72.2 cm³/mol. The molecule has 0 aromatic rings. The minimum absolute atomic E-state index is 0.361. The number of hydrogen-bond donors (Lipinski definition) is 1. The molecule has 102 valence electrons. The van der Waals surface area contributed by atoms with Crippen LogP contribution in [0.3, 0.4) is 0 Å². The molecule has 1 amide bonds. The summed E-state index contributed by atoms with van der Waals surface area (Å²) in [7, 11) is 0. The van der Waals surface area contributed by atoms with Gasteiger partial charge in [0, 0.05) is 19.0 Å². The summed E-state index contributed by atoms with van der Waals surface area (Å²) in [5, 5.41) is 3.41. The zero-order valence-corrected chi connectivity index (χ0v) is 11.6. The predicted octanol–water partition coefficient (Wildman–Crippen LogP) is 2.02. The van der Waals surface area contributed by atoms with E-state index >= 15 is 0 Å². The van der Waals surface area contributed by atoms with Gasteiger partial charge in [-0.25, -0.2) is 0 Å². The van der Waals surface area contributed by atoms with E-state index in [-0.39, 0.29) is 0 Å². The molecule has 0 aromatic heterocycles. The van der Waals surface area contributed by atoms with Crippen LogP contribution in [0.2, 0.25) is 0 Å². The summed E-state index contributed by atoms with van der Waals surface area (Å²) in [6, 6.07) is 0. The number of carbonyl (C=O) groups excluding carboxylic acids is 1. The van der Waals surface area contributed by atoms with Gasteiger partial charge in [0.25, 0.3) is 0 Å². The molecule has 3 heteroatoms. The molecule has 2 saturated carbocycles. The normalized spacial score (nSPS) is 29.9. The van der Waals surface area contributed by atoms with Crippen LogP contribution in [0.15, 0.2) is 0 Å². The molecule has 0 bridgehead atoms. The van der Waals surface area contributed by atoms with Gasteiger partial charge in [0.2, 0.25) is 5.91 Å². The first-order valence-electron chi connectivity index (χ1n) is 7.75. The molecule has 1 aliphatic heterocycles. The Balaban J connectivity index is 1.56. The van der Waals surface area contributed by atoms with E-state index in [0.29, 0.717) is 17.2 Å². The first-order valence-corrected chi connectivity index (χ1v) is 7.75. The number of nitrogens with zero attached hydrogens (tertiary/aromatic N) is 1. The summed E-state index contributed by atoms with van der Waals surface area (Å²) in [5.41, 5.74) is 0.398. The van der Waals surface area contributed by atoms with Crippen LogP contribution in [0.4, 0.5) is 0 Å². The molecular weight excluding hydrogens is 224 g/mol. The summed E-state index contributed by atoms with van der Waals surface area (Å²) in [6.45, 7) is 6.28. The molecule has 1 spiro atoms. The van der Waals surface area contributed by atoms with E-state index in [0.717, 1.165) is 38.5 Å². The molecule has 3 rings (SSSR count). The van der Waals surface area contributed by atoms with Crippen molar-refractivity contribution in [3.05, 3.63) is 0 Å². The van der Waals surface area contributed by atoms with Gasteiger partial charge in [-0.3, -0.25) is 4.79 Å². The third kappa shape index (κ3) is 2.18. The summed E-state index contributed by atoms with van der Waals surface area (Å²) < 4.78 is 0. The molecule has 1 N–H and O–H groups in total. The highest BCUT2D eigenvalue weighted by atomic mass is 16.2. The first-order chi connectivity index (χ1) is 8.75. The van der Waals surface area contributed by atoms with Crippen molar-refractivity contribution in [3.63, 3.8) is 0 Å². The molecule has 1 saturated heterocycles. The Labute approximate surface area is 110 Å². The molecule has 1 unspecified atom stereocenters. The Morgan fingerprint density at radius 1 is 1.33 bits per heavy atom. The Kier molecular flexibility index (Phi) is 3.35. The second kappa shape index (κ2) is 4.84. The van der Waals surface area contributed by atoms with Crippen LogP contribution in [0.5, 0.6) is 0 Å². The van der Waals surface area contributed by atoms with Crippen molar-refractivity contribution < 1.29 is 4.79 Å². The van der Waals surface area contributed by atoms with Crippen molar-refractivity contribution in [2.45, 2.75) is 45.4 Å². The second-order valence-corrected chi connectivity index (χ2v) is 6.54. The van der Waals surface area contributed by atoms with Crippen LogP contribution in [0.1, 0.15) is 45.4 Å². The van der Waals surface area contributed by atoms with Crippen molar-refractivity contribution in [2.75, 3.05) is 26.2 Å². The largest absolute Gasteiger partial charge is 0.342 e. The van der Waals surface area contributed by atoms with Crippen molar-refractivity contribution in [3.8, 4) is 0 Å². The van der Waals surface area contributed by atoms with Gasteiger partial charge in [-0.1, -0.05) is 6.42 Å². The van der Waals surface area contributed by atoms with Gasteiger partial charge in [-0.2, -0.15) is 0 Å². The second-order valence-electron chi connectivity index (χ2n) is 6.54. The van der Waals surface area contributed by atoms with Crippen LogP contribution in [-0.2, 0) is 4.79 Å². The summed E-state index contributed by atoms with van der Waals surface area (Å²) in [6.07, 6.45) is 7.63. The number of rotatable bonds is 4. The standard InChI is InChI=1S/C15H26N2O/c1-2-17(11-12-4-3-5-12)14(18)13-10-15(13)6-8-16-9-7-15/h12-13,16H,2-11H2,1H3. The van der Waals surface area contributed by atoms with E-state index < -0.39 is 0 Å². The minimum Gasteiger partial charge on any atom is -0.342 e. The third-order valence-corrected chi connectivity index (χ3v) is 5.48. The van der Waals surface area contributed by atoms with Crippen LogP contribution in [0, 0.1) is 17.3 Å². The molecule has 2 aliphatic carbocycles. The highest BCUT2D eigenvalue weighted by Gasteiger charge is 2.58. The number of piperidine rings is 1. The lowest BCUT2D eigenvalue weighted by Crippen LogP contribution is -2.40. The maximum Gasteiger partial charge on any atom is 0.226 e. The first kappa shape index (κ1) is 12.5. The van der Waals surface area contributed by atoms with Gasteiger partial charge in [0.05, 0.1) is 0 Å². The Morgan fingerprint density at radius 3 is 2.61 bits per heavy atom. The van der Waals surface area contributed by atoms with Crippen LogP contribution < -0.4 is 5.32 Å². The fourth-order valence-electron chi connectivity index (χ4n) is 3.76. The quantitative estimate of drug-likeness (QED) is 0.828. The zero-order chi connectivity index (χ0) is 12.6. The van der Waals surface area contributed by atoms with Gasteiger partial charge in [-0.15, -0.1) is 0 Å². The molecule has 3 aliphatic rings. The van der Waals surface area contributed by atoms with E-state index in [1.807, 2.05) is 0 Å². The van der Waals surface area contributed by atoms with Crippen LogP contribution in [-0.4, -0.2) is 37.0 Å². The molecular formula is C15H26N2O. The van der Waals surface area contributed by atoms with E-state index in [2.05, 4.69) is 17.1 Å². The van der Waals surface area contributed by atoms with Crippen LogP contribution >= 0.6 is 0 Å². The number of carbonyl (C=O) groups is 1.